The van der Waals surface area contributed by atoms with Crippen LogP contribution in [0.4, 0.5) is 15.3 Å². The molecule has 2 aliphatic rings. The second-order valence-corrected chi connectivity index (χ2v) is 9.24. The monoisotopic (exact) mass is 443 g/mol. The van der Waals surface area contributed by atoms with Crippen LogP contribution >= 0.6 is 0 Å². The molecule has 3 rings (SSSR count). The van der Waals surface area contributed by atoms with Crippen molar-refractivity contribution in [2.75, 3.05) is 18.4 Å². The second-order valence-electron chi connectivity index (χ2n) is 9.24. The van der Waals surface area contributed by atoms with E-state index in [2.05, 4.69) is 21.3 Å². The van der Waals surface area contributed by atoms with Gasteiger partial charge in [-0.3, -0.25) is 4.79 Å². The smallest absolute Gasteiger partial charge is 0.319 e. The summed E-state index contributed by atoms with van der Waals surface area (Å²) in [7, 11) is 0. The van der Waals surface area contributed by atoms with Gasteiger partial charge in [-0.1, -0.05) is 51.3 Å². The highest BCUT2D eigenvalue weighted by Gasteiger charge is 2.29. The van der Waals surface area contributed by atoms with Crippen LogP contribution in [0, 0.1) is 5.92 Å². The number of nitrogens with zero attached hydrogens (tertiary/aromatic N) is 1. The van der Waals surface area contributed by atoms with Crippen LogP contribution in [-0.4, -0.2) is 54.1 Å². The molecule has 1 aliphatic carbocycles. The van der Waals surface area contributed by atoms with Gasteiger partial charge in [-0.15, -0.1) is 0 Å². The zero-order valence-electron chi connectivity index (χ0n) is 19.2. The van der Waals surface area contributed by atoms with Crippen molar-refractivity contribution in [1.29, 1.82) is 0 Å². The molecule has 32 heavy (non-hydrogen) atoms. The lowest BCUT2D eigenvalue weighted by Crippen LogP contribution is -2.56. The molecule has 1 saturated heterocycles. The molecule has 0 bridgehead atoms. The fourth-order valence-electron chi connectivity index (χ4n) is 4.40. The third-order valence-corrected chi connectivity index (χ3v) is 6.33. The van der Waals surface area contributed by atoms with Crippen molar-refractivity contribution in [3.63, 3.8) is 0 Å². The van der Waals surface area contributed by atoms with E-state index < -0.39 is 12.1 Å². The first kappa shape index (κ1) is 23.9. The fourth-order valence-corrected chi connectivity index (χ4v) is 4.40. The molecule has 1 aromatic rings. The SMILES string of the molecule is CC(C)C(NC(=O)Nc1ccccc1)C(=O)NC1CCN(C(=O)NC2CCCCC2)CC1. The Hall–Kier alpha value is -2.77. The summed E-state index contributed by atoms with van der Waals surface area (Å²) in [6.07, 6.45) is 7.20. The molecule has 1 aromatic carbocycles. The van der Waals surface area contributed by atoms with E-state index in [1.54, 1.807) is 12.1 Å². The average molecular weight is 444 g/mol. The zero-order valence-corrected chi connectivity index (χ0v) is 19.2. The number of benzene rings is 1. The Morgan fingerprint density at radius 3 is 2.12 bits per heavy atom. The molecule has 0 aromatic heterocycles. The van der Waals surface area contributed by atoms with Gasteiger partial charge < -0.3 is 26.2 Å². The van der Waals surface area contributed by atoms with Gasteiger partial charge in [0, 0.05) is 30.9 Å². The topological polar surface area (TPSA) is 103 Å². The molecule has 4 N–H and O–H groups in total. The van der Waals surface area contributed by atoms with Gasteiger partial charge >= 0.3 is 12.1 Å². The molecule has 1 saturated carbocycles. The van der Waals surface area contributed by atoms with Crippen LogP contribution in [0.5, 0.6) is 0 Å². The minimum atomic E-state index is -0.633. The number of hydrogen-bond acceptors (Lipinski definition) is 3. The Labute approximate surface area is 190 Å². The molecule has 1 aliphatic heterocycles. The maximum absolute atomic E-state index is 12.9. The third-order valence-electron chi connectivity index (χ3n) is 6.33. The lowest BCUT2D eigenvalue weighted by molar-refractivity contribution is -0.124. The van der Waals surface area contributed by atoms with Crippen molar-refractivity contribution in [1.82, 2.24) is 20.9 Å². The van der Waals surface area contributed by atoms with Gasteiger partial charge in [0.15, 0.2) is 0 Å². The van der Waals surface area contributed by atoms with Gasteiger partial charge in [0.1, 0.15) is 6.04 Å². The van der Waals surface area contributed by atoms with Crippen molar-refractivity contribution < 1.29 is 14.4 Å². The summed E-state index contributed by atoms with van der Waals surface area (Å²) < 4.78 is 0. The summed E-state index contributed by atoms with van der Waals surface area (Å²) in [5.74, 6) is -0.244. The van der Waals surface area contributed by atoms with Gasteiger partial charge in [0.2, 0.25) is 5.91 Å². The number of amides is 5. The summed E-state index contributed by atoms with van der Waals surface area (Å²) in [5, 5.41) is 11.8. The molecule has 2 fully saturated rings. The van der Waals surface area contributed by atoms with E-state index in [9.17, 15) is 14.4 Å². The van der Waals surface area contributed by atoms with Crippen LogP contribution < -0.4 is 21.3 Å². The molecular weight excluding hydrogens is 406 g/mol. The number of hydrogen-bond donors (Lipinski definition) is 4. The van der Waals surface area contributed by atoms with E-state index in [4.69, 9.17) is 0 Å². The van der Waals surface area contributed by atoms with E-state index in [-0.39, 0.29) is 23.9 Å². The summed E-state index contributed by atoms with van der Waals surface area (Å²) in [6.45, 7) is 5.06. The molecule has 1 heterocycles. The third kappa shape index (κ3) is 7.14. The summed E-state index contributed by atoms with van der Waals surface area (Å²) in [6, 6.07) is 8.42. The minimum absolute atomic E-state index is 0.00136. The molecule has 0 radical (unpaired) electrons. The van der Waals surface area contributed by atoms with Crippen LogP contribution in [-0.2, 0) is 4.79 Å². The number of para-hydroxylation sites is 1. The van der Waals surface area contributed by atoms with Crippen LogP contribution in [0.3, 0.4) is 0 Å². The van der Waals surface area contributed by atoms with Gasteiger partial charge in [0.05, 0.1) is 0 Å². The predicted octanol–water partition coefficient (Wildman–Crippen LogP) is 3.46. The van der Waals surface area contributed by atoms with E-state index in [1.165, 1.54) is 19.3 Å². The fraction of sp³-hybridized carbons (Fsp3) is 0.625. The van der Waals surface area contributed by atoms with Crippen molar-refractivity contribution in [2.24, 2.45) is 5.92 Å². The number of likely N-dealkylation sites (tertiary alicyclic amines) is 1. The maximum Gasteiger partial charge on any atom is 0.319 e. The first-order chi connectivity index (χ1) is 15.4. The predicted molar refractivity (Wildman–Crippen MR) is 125 cm³/mol. The van der Waals surface area contributed by atoms with E-state index in [1.807, 2.05) is 36.9 Å². The quantitative estimate of drug-likeness (QED) is 0.541. The maximum atomic E-state index is 12.9. The average Bonchev–Trinajstić information content (AvgIpc) is 2.79. The lowest BCUT2D eigenvalue weighted by Gasteiger charge is -2.35. The summed E-state index contributed by atoms with van der Waals surface area (Å²) in [4.78, 5) is 39.6. The number of carbonyl (C=O) groups excluding carboxylic acids is 3. The van der Waals surface area contributed by atoms with E-state index in [0.717, 1.165) is 12.8 Å². The van der Waals surface area contributed by atoms with Gasteiger partial charge in [-0.2, -0.15) is 0 Å². The molecular formula is C24H37N5O3. The number of urea groups is 2. The van der Waals surface area contributed by atoms with Crippen LogP contribution in [0.25, 0.3) is 0 Å². The standard InChI is InChI=1S/C24H37N5O3/c1-17(2)21(28-23(31)26-18-9-5-3-6-10-18)22(30)25-20-13-15-29(16-14-20)24(32)27-19-11-7-4-8-12-19/h3,5-6,9-10,17,19-21H,4,7-8,11-16H2,1-2H3,(H,25,30)(H,27,32)(H2,26,28,31). The van der Waals surface area contributed by atoms with E-state index >= 15 is 0 Å². The first-order valence-corrected chi connectivity index (χ1v) is 11.9. The van der Waals surface area contributed by atoms with Gasteiger partial charge in [-0.25, -0.2) is 9.59 Å². The second kappa shape index (κ2) is 11.7. The highest BCUT2D eigenvalue weighted by atomic mass is 16.2. The summed E-state index contributed by atoms with van der Waals surface area (Å²) >= 11 is 0. The molecule has 1 atom stereocenters. The van der Waals surface area contributed by atoms with E-state index in [0.29, 0.717) is 37.7 Å². The molecule has 5 amide bonds. The Morgan fingerprint density at radius 1 is 0.875 bits per heavy atom. The van der Waals surface area contributed by atoms with Gasteiger partial charge in [0.25, 0.3) is 0 Å². The van der Waals surface area contributed by atoms with Crippen molar-refractivity contribution in [3.05, 3.63) is 30.3 Å². The van der Waals surface area contributed by atoms with Gasteiger partial charge in [-0.05, 0) is 43.7 Å². The van der Waals surface area contributed by atoms with Crippen LogP contribution in [0.1, 0.15) is 58.8 Å². The minimum Gasteiger partial charge on any atom is -0.351 e. The Balaban J connectivity index is 1.43. The Morgan fingerprint density at radius 2 is 1.50 bits per heavy atom. The number of piperidine rings is 1. The molecule has 176 valence electrons. The zero-order chi connectivity index (χ0) is 22.9. The summed E-state index contributed by atoms with van der Waals surface area (Å²) in [5.41, 5.74) is 0.673. The van der Waals surface area contributed by atoms with Crippen LogP contribution in [0.15, 0.2) is 30.3 Å². The van der Waals surface area contributed by atoms with Crippen molar-refractivity contribution in [2.45, 2.75) is 76.9 Å². The largest absolute Gasteiger partial charge is 0.351 e. The molecule has 8 heteroatoms. The Bertz CT molecular complexity index is 756. The highest BCUT2D eigenvalue weighted by Crippen LogP contribution is 2.18. The highest BCUT2D eigenvalue weighted by molar-refractivity contribution is 5.93. The molecule has 1 unspecified atom stereocenters. The number of carbonyl (C=O) groups is 3. The number of anilines is 1. The number of rotatable bonds is 6. The van der Waals surface area contributed by atoms with Crippen molar-refractivity contribution in [3.8, 4) is 0 Å². The lowest BCUT2D eigenvalue weighted by atomic mass is 9.95. The van der Waals surface area contributed by atoms with Crippen LogP contribution in [0.2, 0.25) is 0 Å². The van der Waals surface area contributed by atoms with Crippen molar-refractivity contribution >= 4 is 23.7 Å². The normalized spacial score (nSPS) is 18.7. The number of nitrogens with one attached hydrogen (secondary N) is 4. The Kier molecular flexibility index (Phi) is 8.76. The molecule has 8 nitrogen and oxygen atoms in total. The first-order valence-electron chi connectivity index (χ1n) is 11.9. The molecule has 0 spiro atoms.